The highest BCUT2D eigenvalue weighted by atomic mass is 35.5. The van der Waals surface area contributed by atoms with E-state index in [0.29, 0.717) is 30.8 Å². The summed E-state index contributed by atoms with van der Waals surface area (Å²) in [5.41, 5.74) is 2.85. The van der Waals surface area contributed by atoms with Crippen LogP contribution in [-0.4, -0.2) is 10.2 Å². The van der Waals surface area contributed by atoms with Crippen molar-refractivity contribution in [3.05, 3.63) is 80.9 Å². The Hall–Kier alpha value is -2.05. The first kappa shape index (κ1) is 22.2. The van der Waals surface area contributed by atoms with E-state index in [9.17, 15) is 4.79 Å². The quantitative estimate of drug-likeness (QED) is 0.260. The van der Waals surface area contributed by atoms with Crippen molar-refractivity contribution in [2.24, 2.45) is 0 Å². The molecule has 2 heterocycles. The average Bonchev–Trinajstić information content (AvgIpc) is 3.33. The van der Waals surface area contributed by atoms with E-state index in [-0.39, 0.29) is 5.91 Å². The number of thiocarbonyl (C=S) groups is 1. The zero-order valence-corrected chi connectivity index (χ0v) is 19.9. The molecular formula is C24H19Cl2NO2S2. The van der Waals surface area contributed by atoms with Gasteiger partial charge in [0.2, 0.25) is 0 Å². The third kappa shape index (κ3) is 4.90. The lowest BCUT2D eigenvalue weighted by molar-refractivity contribution is -0.113. The van der Waals surface area contributed by atoms with E-state index < -0.39 is 0 Å². The van der Waals surface area contributed by atoms with Gasteiger partial charge in [-0.3, -0.25) is 9.69 Å². The van der Waals surface area contributed by atoms with Crippen molar-refractivity contribution in [1.82, 2.24) is 0 Å². The summed E-state index contributed by atoms with van der Waals surface area (Å²) in [6.07, 6.45) is 5.06. The average molecular weight is 488 g/mol. The Labute approximate surface area is 201 Å². The van der Waals surface area contributed by atoms with Crippen LogP contribution in [0.2, 0.25) is 10.0 Å². The first-order valence-corrected chi connectivity index (χ1v) is 11.9. The number of hydrogen-bond donors (Lipinski definition) is 0. The topological polar surface area (TPSA) is 33.5 Å². The Morgan fingerprint density at radius 2 is 1.84 bits per heavy atom. The fourth-order valence-electron chi connectivity index (χ4n) is 3.25. The van der Waals surface area contributed by atoms with Crippen LogP contribution in [0.15, 0.2) is 63.9 Å². The van der Waals surface area contributed by atoms with Gasteiger partial charge in [0.25, 0.3) is 5.91 Å². The van der Waals surface area contributed by atoms with Crippen LogP contribution in [0.5, 0.6) is 0 Å². The van der Waals surface area contributed by atoms with Crippen LogP contribution in [0, 0.1) is 0 Å². The lowest BCUT2D eigenvalue weighted by Gasteiger charge is -2.15. The van der Waals surface area contributed by atoms with Crippen molar-refractivity contribution in [2.75, 3.05) is 4.90 Å². The number of thioether (sulfide) groups is 1. The van der Waals surface area contributed by atoms with Gasteiger partial charge in [0, 0.05) is 11.6 Å². The maximum atomic E-state index is 13.0. The third-order valence-electron chi connectivity index (χ3n) is 4.91. The van der Waals surface area contributed by atoms with E-state index in [1.54, 1.807) is 23.1 Å². The van der Waals surface area contributed by atoms with E-state index >= 15 is 0 Å². The number of aryl methyl sites for hydroxylation is 1. The zero-order chi connectivity index (χ0) is 22.0. The molecular weight excluding hydrogens is 469 g/mol. The summed E-state index contributed by atoms with van der Waals surface area (Å²) in [5, 5.41) is 0.943. The standard InChI is InChI=1S/C24H19Cl2NO2S2/c1-2-3-4-15-5-8-17(9-6-15)27-23(28)22(31-24(27)30)14-18-10-12-21(29-18)16-7-11-19(25)20(26)13-16/h5-14H,2-4H2,1H3/b22-14+. The number of nitrogens with zero attached hydrogens (tertiary/aromatic N) is 1. The monoisotopic (exact) mass is 487 g/mol. The minimum atomic E-state index is -0.149. The Balaban J connectivity index is 1.53. The number of unbranched alkanes of at least 4 members (excludes halogenated alkanes) is 1. The van der Waals surface area contributed by atoms with Crippen molar-refractivity contribution < 1.29 is 9.21 Å². The molecule has 7 heteroatoms. The van der Waals surface area contributed by atoms with E-state index in [1.165, 1.54) is 17.3 Å². The molecule has 3 nitrogen and oxygen atoms in total. The van der Waals surface area contributed by atoms with Crippen molar-refractivity contribution in [2.45, 2.75) is 26.2 Å². The maximum Gasteiger partial charge on any atom is 0.270 e. The second kappa shape index (κ2) is 9.61. The molecule has 158 valence electrons. The highest BCUT2D eigenvalue weighted by Crippen LogP contribution is 2.37. The van der Waals surface area contributed by atoms with Gasteiger partial charge in [-0.25, -0.2) is 0 Å². The van der Waals surface area contributed by atoms with Gasteiger partial charge in [0.1, 0.15) is 11.5 Å². The summed E-state index contributed by atoms with van der Waals surface area (Å²) < 4.78 is 6.41. The minimum Gasteiger partial charge on any atom is -0.457 e. The lowest BCUT2D eigenvalue weighted by Crippen LogP contribution is -2.27. The van der Waals surface area contributed by atoms with Gasteiger partial charge in [-0.15, -0.1) is 0 Å². The molecule has 0 saturated carbocycles. The summed E-state index contributed by atoms with van der Waals surface area (Å²) in [4.78, 5) is 15.1. The Morgan fingerprint density at radius 1 is 1.06 bits per heavy atom. The van der Waals surface area contributed by atoms with Crippen LogP contribution < -0.4 is 4.90 Å². The van der Waals surface area contributed by atoms with Gasteiger partial charge >= 0.3 is 0 Å². The van der Waals surface area contributed by atoms with Crippen LogP contribution in [-0.2, 0) is 11.2 Å². The number of amides is 1. The molecule has 2 aromatic carbocycles. The largest absolute Gasteiger partial charge is 0.457 e. The fourth-order valence-corrected chi connectivity index (χ4v) is 4.82. The lowest BCUT2D eigenvalue weighted by atomic mass is 10.1. The molecule has 0 unspecified atom stereocenters. The van der Waals surface area contributed by atoms with E-state index in [4.69, 9.17) is 39.8 Å². The minimum absolute atomic E-state index is 0.149. The molecule has 0 N–H and O–H groups in total. The van der Waals surface area contributed by atoms with E-state index in [2.05, 4.69) is 19.1 Å². The van der Waals surface area contributed by atoms with Gasteiger partial charge in [-0.05, 0) is 60.9 Å². The van der Waals surface area contributed by atoms with Crippen molar-refractivity contribution in [3.63, 3.8) is 0 Å². The van der Waals surface area contributed by atoms with Gasteiger partial charge in [0.05, 0.1) is 20.6 Å². The first-order chi connectivity index (χ1) is 15.0. The molecule has 0 radical (unpaired) electrons. The number of carbonyl (C=O) groups excluding carboxylic acids is 1. The SMILES string of the molecule is CCCCc1ccc(N2C(=O)/C(=C\c3ccc(-c4ccc(Cl)c(Cl)c4)o3)SC2=S)cc1. The molecule has 31 heavy (non-hydrogen) atoms. The number of hydrogen-bond acceptors (Lipinski definition) is 4. The summed E-state index contributed by atoms with van der Waals surface area (Å²) >= 11 is 18.8. The fraction of sp³-hybridized carbons (Fsp3) is 0.167. The molecule has 1 fully saturated rings. The van der Waals surface area contributed by atoms with Crippen molar-refractivity contribution in [1.29, 1.82) is 0 Å². The molecule has 1 aromatic heterocycles. The number of benzene rings is 2. The normalized spacial score (nSPS) is 15.3. The molecule has 4 rings (SSSR count). The summed E-state index contributed by atoms with van der Waals surface area (Å²) in [6, 6.07) is 17.0. The molecule has 1 aliphatic rings. The predicted octanol–water partition coefficient (Wildman–Crippen LogP) is 8.00. The van der Waals surface area contributed by atoms with E-state index in [0.717, 1.165) is 30.5 Å². The van der Waals surface area contributed by atoms with Crippen LogP contribution in [0.25, 0.3) is 17.4 Å². The highest BCUT2D eigenvalue weighted by molar-refractivity contribution is 8.27. The molecule has 1 aliphatic heterocycles. The van der Waals surface area contributed by atoms with Gasteiger partial charge in [-0.1, -0.05) is 72.7 Å². The highest BCUT2D eigenvalue weighted by Gasteiger charge is 2.33. The van der Waals surface area contributed by atoms with Crippen molar-refractivity contribution >= 4 is 69.2 Å². The van der Waals surface area contributed by atoms with Crippen LogP contribution in [0.3, 0.4) is 0 Å². The number of halogens is 2. The molecule has 0 spiro atoms. The van der Waals surface area contributed by atoms with Crippen LogP contribution in [0.4, 0.5) is 5.69 Å². The van der Waals surface area contributed by atoms with E-state index in [1.807, 2.05) is 30.3 Å². The molecule has 3 aromatic rings. The predicted molar refractivity (Wildman–Crippen MR) is 135 cm³/mol. The van der Waals surface area contributed by atoms with Crippen LogP contribution in [0.1, 0.15) is 31.1 Å². The maximum absolute atomic E-state index is 13.0. The third-order valence-corrected chi connectivity index (χ3v) is 6.95. The summed E-state index contributed by atoms with van der Waals surface area (Å²) in [6.45, 7) is 2.17. The molecule has 1 amide bonds. The number of carbonyl (C=O) groups is 1. The second-order valence-corrected chi connectivity index (χ2v) is 9.61. The van der Waals surface area contributed by atoms with Crippen LogP contribution >= 0.6 is 47.2 Å². The molecule has 0 atom stereocenters. The summed E-state index contributed by atoms with van der Waals surface area (Å²) in [7, 11) is 0. The smallest absolute Gasteiger partial charge is 0.270 e. The Kier molecular flexibility index (Phi) is 6.87. The van der Waals surface area contributed by atoms with Gasteiger partial charge in [-0.2, -0.15) is 0 Å². The number of furan rings is 1. The Morgan fingerprint density at radius 3 is 2.55 bits per heavy atom. The van der Waals surface area contributed by atoms with Gasteiger partial charge < -0.3 is 4.42 Å². The number of anilines is 1. The molecule has 0 aliphatic carbocycles. The zero-order valence-electron chi connectivity index (χ0n) is 16.7. The molecule has 1 saturated heterocycles. The second-order valence-electron chi connectivity index (χ2n) is 7.12. The summed E-state index contributed by atoms with van der Waals surface area (Å²) in [5.74, 6) is 1.06. The first-order valence-electron chi connectivity index (χ1n) is 9.88. The Bertz CT molecular complexity index is 1170. The van der Waals surface area contributed by atoms with Gasteiger partial charge in [0.15, 0.2) is 4.32 Å². The number of rotatable bonds is 6. The van der Waals surface area contributed by atoms with Crippen molar-refractivity contribution in [3.8, 4) is 11.3 Å². The molecule has 0 bridgehead atoms.